The van der Waals surface area contributed by atoms with E-state index >= 15 is 0 Å². The summed E-state index contributed by atoms with van der Waals surface area (Å²) in [7, 11) is 0. The van der Waals surface area contributed by atoms with Gasteiger partial charge < -0.3 is 5.11 Å². The van der Waals surface area contributed by atoms with Crippen molar-refractivity contribution in [1.29, 1.82) is 0 Å². The summed E-state index contributed by atoms with van der Waals surface area (Å²) >= 11 is 0. The van der Waals surface area contributed by atoms with Crippen LogP contribution in [0.15, 0.2) is 12.3 Å². The fraction of sp³-hybridized carbons (Fsp3) is 0.769. The smallest absolute Gasteiger partial charge is 0.107 e. The molecule has 16 heavy (non-hydrogen) atoms. The lowest BCUT2D eigenvalue weighted by Crippen LogP contribution is -2.37. The van der Waals surface area contributed by atoms with Crippen LogP contribution in [0.25, 0.3) is 0 Å². The second kappa shape index (κ2) is 4.21. The highest BCUT2D eigenvalue weighted by Crippen LogP contribution is 2.42. The first kappa shape index (κ1) is 11.6. The van der Waals surface area contributed by atoms with Crippen LogP contribution >= 0.6 is 0 Å². The van der Waals surface area contributed by atoms with Crippen LogP contribution in [0.4, 0.5) is 0 Å². The predicted molar refractivity (Wildman–Crippen MR) is 64.0 cm³/mol. The van der Waals surface area contributed by atoms with Crippen LogP contribution < -0.4 is 0 Å². The molecule has 1 heterocycles. The minimum atomic E-state index is -0.663. The summed E-state index contributed by atoms with van der Waals surface area (Å²) in [4.78, 5) is 0. The Morgan fingerprint density at radius 3 is 2.62 bits per heavy atom. The molecule has 1 aliphatic carbocycles. The van der Waals surface area contributed by atoms with Crippen LogP contribution in [-0.2, 0) is 12.1 Å². The van der Waals surface area contributed by atoms with Gasteiger partial charge in [0.15, 0.2) is 0 Å². The first-order chi connectivity index (χ1) is 7.55. The van der Waals surface area contributed by atoms with Crippen molar-refractivity contribution in [3.05, 3.63) is 18.0 Å². The highest BCUT2D eigenvalue weighted by atomic mass is 16.3. The SMILES string of the molecule is CCn1nccc1C1(O)CC(C)CC(C)C1. The van der Waals surface area contributed by atoms with E-state index in [1.54, 1.807) is 6.20 Å². The normalized spacial score (nSPS) is 35.2. The Labute approximate surface area is 97.5 Å². The van der Waals surface area contributed by atoms with E-state index in [9.17, 15) is 5.11 Å². The Morgan fingerprint density at radius 1 is 1.44 bits per heavy atom. The molecule has 3 heteroatoms. The molecular formula is C13H22N2O. The number of aliphatic hydroxyl groups is 1. The first-order valence-electron chi connectivity index (χ1n) is 6.30. The van der Waals surface area contributed by atoms with Gasteiger partial charge >= 0.3 is 0 Å². The molecule has 0 aromatic carbocycles. The molecule has 1 fully saturated rings. The van der Waals surface area contributed by atoms with Crippen molar-refractivity contribution in [1.82, 2.24) is 9.78 Å². The van der Waals surface area contributed by atoms with Gasteiger partial charge in [-0.25, -0.2) is 0 Å². The van der Waals surface area contributed by atoms with E-state index < -0.39 is 5.60 Å². The number of aryl methyl sites for hydroxylation is 1. The minimum Gasteiger partial charge on any atom is -0.384 e. The molecule has 1 N–H and O–H groups in total. The molecule has 1 aromatic rings. The number of aromatic nitrogens is 2. The zero-order valence-electron chi connectivity index (χ0n) is 10.5. The van der Waals surface area contributed by atoms with Crippen molar-refractivity contribution in [3.8, 4) is 0 Å². The predicted octanol–water partition coefficient (Wildman–Crippen LogP) is 2.55. The molecule has 0 saturated heterocycles. The van der Waals surface area contributed by atoms with Crippen LogP contribution in [0, 0.1) is 11.8 Å². The quantitative estimate of drug-likeness (QED) is 0.835. The largest absolute Gasteiger partial charge is 0.384 e. The van der Waals surface area contributed by atoms with E-state index in [0.717, 1.165) is 25.1 Å². The molecule has 1 aliphatic rings. The molecule has 2 unspecified atom stereocenters. The highest BCUT2D eigenvalue weighted by Gasteiger charge is 2.39. The lowest BCUT2D eigenvalue weighted by molar-refractivity contribution is -0.0430. The van der Waals surface area contributed by atoms with Crippen molar-refractivity contribution in [2.45, 2.75) is 52.2 Å². The molecule has 0 bridgehead atoms. The standard InChI is InChI=1S/C13H22N2O/c1-4-15-12(5-6-14-15)13(16)8-10(2)7-11(3)9-13/h5-6,10-11,16H,4,7-9H2,1-3H3. The average Bonchev–Trinajstić information content (AvgIpc) is 2.63. The summed E-state index contributed by atoms with van der Waals surface area (Å²) in [6, 6.07) is 1.97. The van der Waals surface area contributed by atoms with Crippen molar-refractivity contribution in [2.24, 2.45) is 11.8 Å². The summed E-state index contributed by atoms with van der Waals surface area (Å²) in [6.07, 6.45) is 4.75. The van der Waals surface area contributed by atoms with Crippen LogP contribution in [0.5, 0.6) is 0 Å². The molecule has 0 spiro atoms. The molecule has 2 atom stereocenters. The van der Waals surface area contributed by atoms with E-state index in [1.807, 2.05) is 10.7 Å². The maximum absolute atomic E-state index is 10.8. The lowest BCUT2D eigenvalue weighted by Gasteiger charge is -2.39. The van der Waals surface area contributed by atoms with Crippen LogP contribution in [0.1, 0.15) is 45.7 Å². The Hall–Kier alpha value is -0.830. The molecule has 2 rings (SSSR count). The Balaban J connectivity index is 2.30. The zero-order chi connectivity index (χ0) is 11.8. The van der Waals surface area contributed by atoms with Crippen molar-refractivity contribution in [3.63, 3.8) is 0 Å². The monoisotopic (exact) mass is 222 g/mol. The molecule has 0 amide bonds. The maximum Gasteiger partial charge on any atom is 0.107 e. The highest BCUT2D eigenvalue weighted by molar-refractivity contribution is 5.13. The van der Waals surface area contributed by atoms with Gasteiger partial charge in [0, 0.05) is 12.7 Å². The van der Waals surface area contributed by atoms with E-state index in [2.05, 4.69) is 25.9 Å². The molecular weight excluding hydrogens is 200 g/mol. The molecule has 0 radical (unpaired) electrons. The molecule has 1 aromatic heterocycles. The fourth-order valence-electron chi connectivity index (χ4n) is 3.28. The summed E-state index contributed by atoms with van der Waals surface area (Å²) in [6.45, 7) is 7.35. The van der Waals surface area contributed by atoms with Crippen LogP contribution in [0.3, 0.4) is 0 Å². The number of hydrogen-bond acceptors (Lipinski definition) is 2. The van der Waals surface area contributed by atoms with Gasteiger partial charge in [-0.3, -0.25) is 4.68 Å². The second-order valence-electron chi connectivity index (χ2n) is 5.42. The van der Waals surface area contributed by atoms with E-state index in [4.69, 9.17) is 0 Å². The fourth-order valence-corrected chi connectivity index (χ4v) is 3.28. The third-order valence-electron chi connectivity index (χ3n) is 3.67. The van der Waals surface area contributed by atoms with Gasteiger partial charge in [0.1, 0.15) is 5.60 Å². The minimum absolute atomic E-state index is 0.592. The Bertz CT molecular complexity index is 349. The van der Waals surface area contributed by atoms with Crippen LogP contribution in [0.2, 0.25) is 0 Å². The van der Waals surface area contributed by atoms with Gasteiger partial charge in [0.25, 0.3) is 0 Å². The van der Waals surface area contributed by atoms with E-state index in [-0.39, 0.29) is 0 Å². The third kappa shape index (κ3) is 2.01. The summed E-state index contributed by atoms with van der Waals surface area (Å²) in [5.74, 6) is 1.18. The zero-order valence-corrected chi connectivity index (χ0v) is 10.5. The van der Waals surface area contributed by atoms with Crippen molar-refractivity contribution >= 4 is 0 Å². The van der Waals surface area contributed by atoms with Gasteiger partial charge in [-0.05, 0) is 44.1 Å². The lowest BCUT2D eigenvalue weighted by atomic mass is 9.72. The van der Waals surface area contributed by atoms with Gasteiger partial charge in [-0.2, -0.15) is 5.10 Å². The summed E-state index contributed by atoms with van der Waals surface area (Å²) in [5, 5.41) is 15.1. The molecule has 3 nitrogen and oxygen atoms in total. The Morgan fingerprint density at radius 2 is 2.06 bits per heavy atom. The molecule has 1 saturated carbocycles. The summed E-state index contributed by atoms with van der Waals surface area (Å²) < 4.78 is 1.92. The van der Waals surface area contributed by atoms with Gasteiger partial charge in [-0.1, -0.05) is 13.8 Å². The third-order valence-corrected chi connectivity index (χ3v) is 3.67. The van der Waals surface area contributed by atoms with Gasteiger partial charge in [0.2, 0.25) is 0 Å². The molecule has 90 valence electrons. The van der Waals surface area contributed by atoms with Gasteiger partial charge in [0.05, 0.1) is 5.69 Å². The van der Waals surface area contributed by atoms with E-state index in [1.165, 1.54) is 6.42 Å². The topological polar surface area (TPSA) is 38.0 Å². The maximum atomic E-state index is 10.8. The first-order valence-corrected chi connectivity index (χ1v) is 6.30. The molecule has 0 aliphatic heterocycles. The summed E-state index contributed by atoms with van der Waals surface area (Å²) in [5.41, 5.74) is 0.331. The second-order valence-corrected chi connectivity index (χ2v) is 5.42. The van der Waals surface area contributed by atoms with Crippen molar-refractivity contribution < 1.29 is 5.11 Å². The van der Waals surface area contributed by atoms with Crippen LogP contribution in [-0.4, -0.2) is 14.9 Å². The average molecular weight is 222 g/mol. The number of rotatable bonds is 2. The number of nitrogens with zero attached hydrogens (tertiary/aromatic N) is 2. The Kier molecular flexibility index (Phi) is 3.06. The van der Waals surface area contributed by atoms with Crippen molar-refractivity contribution in [2.75, 3.05) is 0 Å². The van der Waals surface area contributed by atoms with Gasteiger partial charge in [-0.15, -0.1) is 0 Å². The van der Waals surface area contributed by atoms with E-state index in [0.29, 0.717) is 11.8 Å². The number of hydrogen-bond donors (Lipinski definition) is 1.